The zero-order chi connectivity index (χ0) is 27.1. The maximum Gasteiger partial charge on any atom is 0.253 e. The molecule has 0 amide bonds. The van der Waals surface area contributed by atoms with Crippen LogP contribution in [0.15, 0.2) is 36.5 Å². The number of hydrogen-bond acceptors (Lipinski definition) is 9. The van der Waals surface area contributed by atoms with Gasteiger partial charge < -0.3 is 9.64 Å². The van der Waals surface area contributed by atoms with E-state index in [2.05, 4.69) is 41.8 Å². The van der Waals surface area contributed by atoms with Gasteiger partial charge in [-0.3, -0.25) is 4.90 Å². The molecule has 39 heavy (non-hydrogen) atoms. The number of benzene rings is 1. The van der Waals surface area contributed by atoms with Crippen molar-refractivity contribution in [1.82, 2.24) is 29.0 Å². The molecule has 2 aliphatic heterocycles. The van der Waals surface area contributed by atoms with Crippen LogP contribution in [0.25, 0.3) is 27.4 Å². The number of aromatic nitrogens is 4. The number of anilines is 1. The Morgan fingerprint density at radius 1 is 1.00 bits per heavy atom. The van der Waals surface area contributed by atoms with Crippen molar-refractivity contribution in [1.29, 1.82) is 0 Å². The van der Waals surface area contributed by atoms with Gasteiger partial charge in [-0.05, 0) is 31.5 Å². The molecule has 6 rings (SSSR count). The average molecular weight is 568 g/mol. The van der Waals surface area contributed by atoms with E-state index in [1.165, 1.54) is 16.7 Å². The molecule has 10 nitrogen and oxygen atoms in total. The quantitative estimate of drug-likeness (QED) is 0.351. The van der Waals surface area contributed by atoms with Gasteiger partial charge >= 0.3 is 0 Å². The first-order valence-electron chi connectivity index (χ1n) is 13.2. The van der Waals surface area contributed by atoms with Gasteiger partial charge in [0.2, 0.25) is 10.0 Å². The minimum atomic E-state index is -3.15. The predicted octanol–water partition coefficient (Wildman–Crippen LogP) is 3.07. The summed E-state index contributed by atoms with van der Waals surface area (Å²) in [5, 5.41) is 4.83. The number of sulfonamides is 1. The first-order valence-corrected chi connectivity index (χ1v) is 15.9. The van der Waals surface area contributed by atoms with Gasteiger partial charge in [0.1, 0.15) is 0 Å². The van der Waals surface area contributed by atoms with Gasteiger partial charge in [0, 0.05) is 62.5 Å². The van der Waals surface area contributed by atoms with Crippen molar-refractivity contribution >= 4 is 37.4 Å². The molecule has 1 aromatic carbocycles. The second-order valence-electron chi connectivity index (χ2n) is 10.2. The fourth-order valence-corrected chi connectivity index (χ4v) is 7.30. The van der Waals surface area contributed by atoms with Crippen molar-refractivity contribution < 1.29 is 13.2 Å². The van der Waals surface area contributed by atoms with Crippen LogP contribution in [0.4, 0.5) is 5.82 Å². The van der Waals surface area contributed by atoms with Crippen molar-refractivity contribution in [3.05, 3.63) is 52.5 Å². The van der Waals surface area contributed by atoms with Crippen molar-refractivity contribution in [2.24, 2.45) is 0 Å². The molecule has 4 aromatic rings. The molecule has 12 heteroatoms. The minimum absolute atomic E-state index is 0.522. The molecule has 206 valence electrons. The van der Waals surface area contributed by atoms with E-state index in [9.17, 15) is 8.42 Å². The van der Waals surface area contributed by atoms with Gasteiger partial charge in [-0.2, -0.15) is 14.4 Å². The molecule has 0 unspecified atom stereocenters. The fraction of sp³-hybridized carbons (Fsp3) is 0.444. The molecular weight excluding hydrogens is 534 g/mol. The Hall–Kier alpha value is -2.90. The number of thiophene rings is 1. The summed E-state index contributed by atoms with van der Waals surface area (Å²) >= 11 is 1.74. The van der Waals surface area contributed by atoms with Crippen molar-refractivity contribution in [3.63, 3.8) is 0 Å². The first kappa shape index (κ1) is 26.3. The standard InChI is InChI=1S/C27H33N7O3S2/c1-19-5-4-6-21(17-19)22-7-8-34(30-22)27-28-24-20(2)23(18-31-9-11-33(12-10-31)39(3,35)36)38-25(24)26(29-27)32-13-15-37-16-14-32/h4-8,17H,9-16,18H2,1-3H3. The number of nitrogens with zero attached hydrogens (tertiary/aromatic N) is 7. The predicted molar refractivity (Wildman–Crippen MR) is 154 cm³/mol. The van der Waals surface area contributed by atoms with Gasteiger partial charge in [-0.1, -0.05) is 23.8 Å². The number of fused-ring (bicyclic) bond motifs is 1. The van der Waals surface area contributed by atoms with Crippen molar-refractivity contribution in [2.45, 2.75) is 20.4 Å². The van der Waals surface area contributed by atoms with E-state index in [4.69, 9.17) is 19.8 Å². The van der Waals surface area contributed by atoms with Gasteiger partial charge in [0.15, 0.2) is 5.82 Å². The highest BCUT2D eigenvalue weighted by Crippen LogP contribution is 2.37. The van der Waals surface area contributed by atoms with Crippen LogP contribution in [0.3, 0.4) is 0 Å². The Balaban J connectivity index is 1.35. The summed E-state index contributed by atoms with van der Waals surface area (Å²) in [5.74, 6) is 1.48. The Kier molecular flexibility index (Phi) is 7.15. The van der Waals surface area contributed by atoms with Crippen LogP contribution in [0.2, 0.25) is 0 Å². The zero-order valence-corrected chi connectivity index (χ0v) is 24.1. The van der Waals surface area contributed by atoms with E-state index < -0.39 is 10.0 Å². The van der Waals surface area contributed by atoms with Crippen molar-refractivity contribution in [3.8, 4) is 17.2 Å². The number of morpholine rings is 1. The van der Waals surface area contributed by atoms with Crippen LogP contribution in [-0.2, 0) is 21.3 Å². The summed E-state index contributed by atoms with van der Waals surface area (Å²) < 4.78 is 33.9. The third-order valence-electron chi connectivity index (χ3n) is 7.42. The van der Waals surface area contributed by atoms with Crippen LogP contribution in [0, 0.1) is 13.8 Å². The highest BCUT2D eigenvalue weighted by Gasteiger charge is 2.26. The van der Waals surface area contributed by atoms with Crippen LogP contribution in [-0.4, -0.2) is 96.1 Å². The van der Waals surface area contributed by atoms with E-state index in [0.717, 1.165) is 52.5 Å². The molecule has 0 atom stereocenters. The van der Waals surface area contributed by atoms with E-state index in [-0.39, 0.29) is 0 Å². The number of piperazine rings is 1. The van der Waals surface area contributed by atoms with Gasteiger partial charge in [-0.25, -0.2) is 18.1 Å². The molecule has 2 fully saturated rings. The van der Waals surface area contributed by atoms with Crippen LogP contribution in [0.5, 0.6) is 0 Å². The molecule has 0 spiro atoms. The van der Waals surface area contributed by atoms with Gasteiger partial charge in [-0.15, -0.1) is 11.3 Å². The van der Waals surface area contributed by atoms with E-state index in [1.54, 1.807) is 20.3 Å². The Morgan fingerprint density at radius 3 is 2.49 bits per heavy atom. The lowest BCUT2D eigenvalue weighted by Crippen LogP contribution is -2.47. The Bertz CT molecular complexity index is 1600. The fourth-order valence-electron chi connectivity index (χ4n) is 5.17. The smallest absolute Gasteiger partial charge is 0.253 e. The SMILES string of the molecule is Cc1cccc(-c2ccn(-c3nc(N4CCOCC4)c4sc(CN5CCN(S(C)(=O)=O)CC5)c(C)c4n3)n2)c1. The number of aryl methyl sites for hydroxylation is 2. The number of hydrogen-bond donors (Lipinski definition) is 0. The molecule has 0 saturated carbocycles. The average Bonchev–Trinajstić information content (AvgIpc) is 3.54. The first-order chi connectivity index (χ1) is 18.8. The maximum absolute atomic E-state index is 11.9. The summed E-state index contributed by atoms with van der Waals surface area (Å²) in [7, 11) is -3.15. The maximum atomic E-state index is 11.9. The molecule has 5 heterocycles. The monoisotopic (exact) mass is 567 g/mol. The second kappa shape index (κ2) is 10.6. The zero-order valence-electron chi connectivity index (χ0n) is 22.5. The van der Waals surface area contributed by atoms with E-state index in [1.807, 2.05) is 18.3 Å². The highest BCUT2D eigenvalue weighted by atomic mass is 32.2. The molecular formula is C27H33N7O3S2. The van der Waals surface area contributed by atoms with Crippen molar-refractivity contribution in [2.75, 3.05) is 63.6 Å². The number of ether oxygens (including phenoxy) is 1. The lowest BCUT2D eigenvalue weighted by atomic mass is 10.1. The molecule has 0 aliphatic carbocycles. The second-order valence-corrected chi connectivity index (χ2v) is 13.3. The Labute approximate surface area is 232 Å². The lowest BCUT2D eigenvalue weighted by molar-refractivity contribution is 0.122. The lowest BCUT2D eigenvalue weighted by Gasteiger charge is -2.33. The summed E-state index contributed by atoms with van der Waals surface area (Å²) in [6.07, 6.45) is 3.21. The number of rotatable bonds is 6. The van der Waals surface area contributed by atoms with E-state index >= 15 is 0 Å². The van der Waals surface area contributed by atoms with Crippen LogP contribution in [0.1, 0.15) is 16.0 Å². The topological polar surface area (TPSA) is 96.7 Å². The summed E-state index contributed by atoms with van der Waals surface area (Å²) in [6, 6.07) is 10.3. The van der Waals surface area contributed by atoms with Gasteiger partial charge in [0.25, 0.3) is 5.95 Å². The summed E-state index contributed by atoms with van der Waals surface area (Å²) in [4.78, 5) is 15.9. The third-order valence-corrected chi connectivity index (χ3v) is 9.99. The molecule has 2 saturated heterocycles. The highest BCUT2D eigenvalue weighted by molar-refractivity contribution is 7.88. The van der Waals surface area contributed by atoms with E-state index in [0.29, 0.717) is 45.3 Å². The molecule has 2 aliphatic rings. The summed E-state index contributed by atoms with van der Waals surface area (Å²) in [6.45, 7) is 10.3. The van der Waals surface area contributed by atoms with Crippen LogP contribution < -0.4 is 4.90 Å². The van der Waals surface area contributed by atoms with Crippen LogP contribution >= 0.6 is 11.3 Å². The Morgan fingerprint density at radius 2 is 1.77 bits per heavy atom. The molecule has 3 aromatic heterocycles. The van der Waals surface area contributed by atoms with Gasteiger partial charge in [0.05, 0.1) is 35.4 Å². The summed E-state index contributed by atoms with van der Waals surface area (Å²) in [5.41, 5.74) is 5.22. The molecule has 0 N–H and O–H groups in total. The normalized spacial score (nSPS) is 17.8. The third kappa shape index (κ3) is 5.44. The molecule has 0 bridgehead atoms. The minimum Gasteiger partial charge on any atom is -0.378 e. The largest absolute Gasteiger partial charge is 0.378 e. The molecule has 0 radical (unpaired) electrons.